The molecule has 4 nitrogen and oxygen atoms in total. The molecule has 0 unspecified atom stereocenters. The third-order valence-electron chi connectivity index (χ3n) is 4.23. The maximum Gasteiger partial charge on any atom is 0.260 e. The van der Waals surface area contributed by atoms with Crippen molar-refractivity contribution in [2.24, 2.45) is 13.0 Å². The summed E-state index contributed by atoms with van der Waals surface area (Å²) in [6.07, 6.45) is 4.63. The molecule has 1 aromatic carbocycles. The van der Waals surface area contributed by atoms with Gasteiger partial charge in [0.15, 0.2) is 0 Å². The minimum atomic E-state index is -0.485. The topological polar surface area (TPSA) is 44.1 Å². The maximum atomic E-state index is 14.2. The third kappa shape index (κ3) is 2.98. The summed E-state index contributed by atoms with van der Waals surface area (Å²) in [5.41, 5.74) is 0.389. The first kappa shape index (κ1) is 16.4. The van der Waals surface area contributed by atoms with Crippen molar-refractivity contribution in [2.45, 2.75) is 26.7 Å². The second-order valence-corrected chi connectivity index (χ2v) is 6.47. The number of fused-ring (bicyclic) bond motifs is 3. The number of hydrogen-bond donors (Lipinski definition) is 0. The quantitative estimate of drug-likeness (QED) is 0.524. The summed E-state index contributed by atoms with van der Waals surface area (Å²) in [5.74, 6) is 0.852. The molecule has 0 aliphatic carbocycles. The molecule has 0 spiro atoms. The van der Waals surface area contributed by atoms with Crippen LogP contribution >= 0.6 is 0 Å². The molecule has 0 aliphatic rings. The average molecular weight is 328 g/mol. The number of aryl methyl sites for hydroxylation is 1. The van der Waals surface area contributed by atoms with Crippen LogP contribution in [0.5, 0.6) is 5.75 Å². The van der Waals surface area contributed by atoms with Crippen molar-refractivity contribution in [3.63, 3.8) is 0 Å². The molecule has 3 rings (SSSR count). The predicted molar refractivity (Wildman–Crippen MR) is 94.0 cm³/mol. The van der Waals surface area contributed by atoms with Crippen LogP contribution in [0, 0.1) is 11.7 Å². The number of aromatic nitrogens is 2. The molecule has 5 heteroatoms. The van der Waals surface area contributed by atoms with E-state index in [1.165, 1.54) is 10.8 Å². The van der Waals surface area contributed by atoms with Crippen molar-refractivity contribution in [2.75, 3.05) is 6.61 Å². The molecule has 3 aromatic rings. The average Bonchev–Trinajstić information content (AvgIpc) is 2.56. The monoisotopic (exact) mass is 328 g/mol. The van der Waals surface area contributed by atoms with E-state index in [1.807, 2.05) is 6.07 Å². The summed E-state index contributed by atoms with van der Waals surface area (Å²) >= 11 is 0. The van der Waals surface area contributed by atoms with Gasteiger partial charge < -0.3 is 9.30 Å². The number of pyridine rings is 2. The SMILES string of the molecule is CC(C)CCCOc1ccc2c3c(F)cncc3c(=O)n(C)c2c1. The normalized spacial score (nSPS) is 11.5. The Bertz CT molecular complexity index is 947. The van der Waals surface area contributed by atoms with Gasteiger partial charge in [0.05, 0.1) is 23.7 Å². The van der Waals surface area contributed by atoms with E-state index in [2.05, 4.69) is 18.8 Å². The van der Waals surface area contributed by atoms with Crippen molar-refractivity contribution in [1.29, 1.82) is 0 Å². The second-order valence-electron chi connectivity index (χ2n) is 6.47. The number of nitrogens with zero attached hydrogens (tertiary/aromatic N) is 2. The maximum absolute atomic E-state index is 14.2. The molecule has 2 heterocycles. The van der Waals surface area contributed by atoms with Crippen LogP contribution in [0.1, 0.15) is 26.7 Å². The van der Waals surface area contributed by atoms with Gasteiger partial charge in [0.1, 0.15) is 11.6 Å². The van der Waals surface area contributed by atoms with Crippen LogP contribution in [0.3, 0.4) is 0 Å². The fourth-order valence-electron chi connectivity index (χ4n) is 2.93. The molecule has 0 saturated heterocycles. The van der Waals surface area contributed by atoms with Crippen molar-refractivity contribution in [3.8, 4) is 5.75 Å². The number of ether oxygens (including phenoxy) is 1. The molecule has 0 bridgehead atoms. The molecule has 126 valence electrons. The van der Waals surface area contributed by atoms with Crippen LogP contribution in [0.25, 0.3) is 21.7 Å². The third-order valence-corrected chi connectivity index (χ3v) is 4.23. The van der Waals surface area contributed by atoms with Crippen LogP contribution in [0.15, 0.2) is 35.4 Å². The van der Waals surface area contributed by atoms with Crippen molar-refractivity contribution in [1.82, 2.24) is 9.55 Å². The van der Waals surface area contributed by atoms with Crippen LogP contribution in [-0.2, 0) is 7.05 Å². The van der Waals surface area contributed by atoms with E-state index in [-0.39, 0.29) is 10.9 Å². The van der Waals surface area contributed by atoms with Gasteiger partial charge in [-0.2, -0.15) is 0 Å². The largest absolute Gasteiger partial charge is 0.494 e. The van der Waals surface area contributed by atoms with Gasteiger partial charge >= 0.3 is 0 Å². The molecule has 0 atom stereocenters. The lowest BCUT2D eigenvalue weighted by atomic mass is 10.1. The van der Waals surface area contributed by atoms with E-state index in [0.717, 1.165) is 19.0 Å². The summed E-state index contributed by atoms with van der Waals surface area (Å²) in [4.78, 5) is 16.2. The fourth-order valence-corrected chi connectivity index (χ4v) is 2.93. The first-order valence-electron chi connectivity index (χ1n) is 8.18. The highest BCUT2D eigenvalue weighted by Gasteiger charge is 2.13. The summed E-state index contributed by atoms with van der Waals surface area (Å²) in [6.45, 7) is 4.99. The Kier molecular flexibility index (Phi) is 4.51. The van der Waals surface area contributed by atoms with Crippen LogP contribution in [-0.4, -0.2) is 16.2 Å². The Balaban J connectivity index is 2.04. The van der Waals surface area contributed by atoms with E-state index in [4.69, 9.17) is 4.74 Å². The molecule has 0 aliphatic heterocycles. The first-order valence-corrected chi connectivity index (χ1v) is 8.18. The lowest BCUT2D eigenvalue weighted by Gasteiger charge is -2.12. The van der Waals surface area contributed by atoms with E-state index in [0.29, 0.717) is 34.6 Å². The Morgan fingerprint density at radius 2 is 2.04 bits per heavy atom. The first-order chi connectivity index (χ1) is 11.5. The van der Waals surface area contributed by atoms with E-state index in [1.54, 1.807) is 19.2 Å². The molecule has 0 amide bonds. The summed E-state index contributed by atoms with van der Waals surface area (Å²) in [5, 5.41) is 1.28. The van der Waals surface area contributed by atoms with Gasteiger partial charge in [0, 0.05) is 30.1 Å². The number of halogens is 1. The van der Waals surface area contributed by atoms with Crippen LogP contribution < -0.4 is 10.3 Å². The Morgan fingerprint density at radius 1 is 1.25 bits per heavy atom. The van der Waals surface area contributed by atoms with E-state index in [9.17, 15) is 9.18 Å². The smallest absolute Gasteiger partial charge is 0.260 e. The second kappa shape index (κ2) is 6.59. The zero-order valence-corrected chi connectivity index (χ0v) is 14.2. The predicted octanol–water partition coefficient (Wildman–Crippen LogP) is 4.04. The zero-order chi connectivity index (χ0) is 17.3. The fraction of sp³-hybridized carbons (Fsp3) is 0.368. The van der Waals surface area contributed by atoms with Gasteiger partial charge in [-0.3, -0.25) is 9.78 Å². The van der Waals surface area contributed by atoms with Crippen molar-refractivity contribution in [3.05, 3.63) is 46.8 Å². The van der Waals surface area contributed by atoms with Gasteiger partial charge in [0.25, 0.3) is 5.56 Å². The molecule has 0 N–H and O–H groups in total. The van der Waals surface area contributed by atoms with Gasteiger partial charge in [-0.25, -0.2) is 4.39 Å². The molecule has 24 heavy (non-hydrogen) atoms. The summed E-state index contributed by atoms with van der Waals surface area (Å²) < 4.78 is 21.5. The van der Waals surface area contributed by atoms with Crippen LogP contribution in [0.2, 0.25) is 0 Å². The summed E-state index contributed by atoms with van der Waals surface area (Å²) in [7, 11) is 1.68. The Labute approximate surface area is 139 Å². The standard InChI is InChI=1S/C19H21FN2O2/c1-12(2)5-4-8-24-13-6-7-14-17(9-13)22(3)19(23)15-10-21-11-16(20)18(14)15/h6-7,9-12H,4-5,8H2,1-3H3. The lowest BCUT2D eigenvalue weighted by molar-refractivity contribution is 0.298. The van der Waals surface area contributed by atoms with Gasteiger partial charge in [-0.15, -0.1) is 0 Å². The van der Waals surface area contributed by atoms with Gasteiger partial charge in [-0.05, 0) is 30.9 Å². The molecule has 2 aromatic heterocycles. The van der Waals surface area contributed by atoms with Crippen molar-refractivity contribution >= 4 is 21.7 Å². The molecule has 0 saturated carbocycles. The summed E-state index contributed by atoms with van der Waals surface area (Å²) in [6, 6.07) is 5.42. The van der Waals surface area contributed by atoms with Gasteiger partial charge in [0.2, 0.25) is 0 Å². The molecular weight excluding hydrogens is 307 g/mol. The number of benzene rings is 1. The Morgan fingerprint density at radius 3 is 2.79 bits per heavy atom. The van der Waals surface area contributed by atoms with E-state index < -0.39 is 5.82 Å². The minimum Gasteiger partial charge on any atom is -0.494 e. The number of hydrogen-bond acceptors (Lipinski definition) is 3. The van der Waals surface area contributed by atoms with Crippen LogP contribution in [0.4, 0.5) is 4.39 Å². The van der Waals surface area contributed by atoms with Gasteiger partial charge in [-0.1, -0.05) is 13.8 Å². The molecule has 0 radical (unpaired) electrons. The van der Waals surface area contributed by atoms with Crippen molar-refractivity contribution < 1.29 is 9.13 Å². The van der Waals surface area contributed by atoms with E-state index >= 15 is 0 Å². The molecule has 0 fully saturated rings. The Hall–Kier alpha value is -2.43. The zero-order valence-electron chi connectivity index (χ0n) is 14.2. The highest BCUT2D eigenvalue weighted by atomic mass is 19.1. The highest BCUT2D eigenvalue weighted by Crippen LogP contribution is 2.27. The number of rotatable bonds is 5. The minimum absolute atomic E-state index is 0.263. The molecular formula is C19H21FN2O2. The lowest BCUT2D eigenvalue weighted by Crippen LogP contribution is -2.18. The highest BCUT2D eigenvalue weighted by molar-refractivity contribution is 6.05.